The SMILES string of the molecule is CC.CCOC(=O)N1CC2(CCCC2)C1.Fc1cnc(-c2nncs2)c(C2CCNCC2)c1. The highest BCUT2D eigenvalue weighted by atomic mass is 32.1. The molecule has 2 aromatic heterocycles. The number of piperidine rings is 1. The Hall–Kier alpha value is -2.13. The largest absolute Gasteiger partial charge is 0.450 e. The first-order chi connectivity index (χ1) is 16.1. The molecule has 1 amide bonds. The molecule has 5 rings (SSSR count). The minimum Gasteiger partial charge on any atom is -0.450 e. The lowest BCUT2D eigenvalue weighted by Crippen LogP contribution is -2.57. The summed E-state index contributed by atoms with van der Waals surface area (Å²) in [6, 6.07) is 1.60. The summed E-state index contributed by atoms with van der Waals surface area (Å²) in [6.07, 6.45) is 8.45. The van der Waals surface area contributed by atoms with E-state index in [1.54, 1.807) is 11.6 Å². The minimum absolute atomic E-state index is 0.125. The van der Waals surface area contributed by atoms with Crippen LogP contribution in [0.1, 0.15) is 70.8 Å². The lowest BCUT2D eigenvalue weighted by atomic mass is 9.79. The van der Waals surface area contributed by atoms with E-state index >= 15 is 0 Å². The number of nitrogens with one attached hydrogen (secondary N) is 1. The van der Waals surface area contributed by atoms with Crippen LogP contribution in [0.15, 0.2) is 17.8 Å². The molecule has 0 unspecified atom stereocenters. The molecule has 0 aromatic carbocycles. The normalized spacial score (nSPS) is 19.1. The Bertz CT molecular complexity index is 860. The van der Waals surface area contributed by atoms with E-state index in [0.29, 0.717) is 17.9 Å². The summed E-state index contributed by atoms with van der Waals surface area (Å²) in [4.78, 5) is 17.3. The van der Waals surface area contributed by atoms with E-state index < -0.39 is 0 Å². The second-order valence-electron chi connectivity index (χ2n) is 8.62. The Kier molecular flexibility index (Phi) is 9.55. The zero-order chi connectivity index (χ0) is 23.7. The Balaban J connectivity index is 0.000000181. The molecule has 182 valence electrons. The number of likely N-dealkylation sites (tertiary alicyclic amines) is 1. The molecular formula is C24H36FN5O2S. The molecule has 3 fully saturated rings. The summed E-state index contributed by atoms with van der Waals surface area (Å²) in [5.74, 6) is 0.0742. The molecule has 2 saturated heterocycles. The molecule has 0 atom stereocenters. The van der Waals surface area contributed by atoms with Crippen LogP contribution in [0, 0.1) is 11.2 Å². The highest BCUT2D eigenvalue weighted by Crippen LogP contribution is 2.45. The summed E-state index contributed by atoms with van der Waals surface area (Å²) >= 11 is 1.44. The van der Waals surface area contributed by atoms with Gasteiger partial charge in [-0.2, -0.15) is 0 Å². The Morgan fingerprint density at radius 1 is 1.27 bits per heavy atom. The molecule has 1 N–H and O–H groups in total. The van der Waals surface area contributed by atoms with Crippen molar-refractivity contribution in [3.05, 3.63) is 29.2 Å². The number of hydrogen-bond acceptors (Lipinski definition) is 7. The Morgan fingerprint density at radius 2 is 1.97 bits per heavy atom. The first kappa shape index (κ1) is 25.5. The van der Waals surface area contributed by atoms with Crippen LogP contribution in [0.25, 0.3) is 10.7 Å². The van der Waals surface area contributed by atoms with Gasteiger partial charge in [-0.25, -0.2) is 9.18 Å². The highest BCUT2D eigenvalue weighted by Gasteiger charge is 2.47. The predicted molar refractivity (Wildman–Crippen MR) is 129 cm³/mol. The average molecular weight is 478 g/mol. The molecule has 2 aromatic rings. The van der Waals surface area contributed by atoms with Crippen molar-refractivity contribution >= 4 is 17.4 Å². The maximum atomic E-state index is 13.4. The summed E-state index contributed by atoms with van der Waals surface area (Å²) in [5, 5.41) is 12.0. The molecule has 3 aliphatic rings. The Morgan fingerprint density at radius 3 is 2.58 bits per heavy atom. The van der Waals surface area contributed by atoms with Crippen LogP contribution >= 0.6 is 11.3 Å². The molecule has 4 heterocycles. The van der Waals surface area contributed by atoms with Crippen molar-refractivity contribution in [2.45, 2.75) is 65.2 Å². The third kappa shape index (κ3) is 6.47. The number of rotatable bonds is 3. The van der Waals surface area contributed by atoms with Crippen molar-refractivity contribution < 1.29 is 13.9 Å². The monoisotopic (exact) mass is 477 g/mol. The van der Waals surface area contributed by atoms with Crippen LogP contribution < -0.4 is 5.32 Å². The van der Waals surface area contributed by atoms with Crippen molar-refractivity contribution in [1.82, 2.24) is 25.4 Å². The molecule has 7 nitrogen and oxygen atoms in total. The van der Waals surface area contributed by atoms with E-state index in [1.807, 2.05) is 25.7 Å². The van der Waals surface area contributed by atoms with Crippen molar-refractivity contribution in [3.63, 3.8) is 0 Å². The number of carbonyl (C=O) groups is 1. The molecule has 2 aliphatic heterocycles. The van der Waals surface area contributed by atoms with Crippen LogP contribution in [0.2, 0.25) is 0 Å². The van der Waals surface area contributed by atoms with Gasteiger partial charge in [0.2, 0.25) is 0 Å². The van der Waals surface area contributed by atoms with Crippen molar-refractivity contribution in [1.29, 1.82) is 0 Å². The fraction of sp³-hybridized carbons (Fsp3) is 0.667. The third-order valence-electron chi connectivity index (χ3n) is 6.47. The molecule has 0 bridgehead atoms. The van der Waals surface area contributed by atoms with Gasteiger partial charge in [-0.15, -0.1) is 10.2 Å². The van der Waals surface area contributed by atoms with E-state index in [-0.39, 0.29) is 11.9 Å². The maximum Gasteiger partial charge on any atom is 0.409 e. The lowest BCUT2D eigenvalue weighted by molar-refractivity contribution is 0.00199. The van der Waals surface area contributed by atoms with Gasteiger partial charge in [0.1, 0.15) is 17.0 Å². The average Bonchev–Trinajstić information content (AvgIpc) is 3.53. The number of nitrogens with zero attached hydrogens (tertiary/aromatic N) is 4. The van der Waals surface area contributed by atoms with Gasteiger partial charge >= 0.3 is 6.09 Å². The quantitative estimate of drug-likeness (QED) is 0.650. The molecule has 0 radical (unpaired) electrons. The van der Waals surface area contributed by atoms with Gasteiger partial charge in [-0.1, -0.05) is 38.0 Å². The van der Waals surface area contributed by atoms with Gasteiger partial charge in [0.25, 0.3) is 0 Å². The van der Waals surface area contributed by atoms with E-state index in [1.165, 1.54) is 43.2 Å². The van der Waals surface area contributed by atoms with E-state index in [0.717, 1.165) is 55.3 Å². The van der Waals surface area contributed by atoms with E-state index in [9.17, 15) is 9.18 Å². The number of halogens is 1. The predicted octanol–water partition coefficient (Wildman–Crippen LogP) is 5.25. The van der Waals surface area contributed by atoms with E-state index in [4.69, 9.17) is 4.74 Å². The standard InChI is InChI=1S/C12H13FN4S.C10H17NO2.C2H6/c13-9-5-10(8-1-3-14-4-2-8)11(15-6-9)12-17-16-7-18-12;1-2-13-9(12)11-7-10(8-11)5-3-4-6-10;1-2/h5-8,14H,1-4H2;2-8H2,1H3;1-2H3. The Labute approximate surface area is 200 Å². The molecule has 1 spiro atoms. The first-order valence-electron chi connectivity index (χ1n) is 12.1. The zero-order valence-electron chi connectivity index (χ0n) is 20.0. The molecular weight excluding hydrogens is 441 g/mol. The highest BCUT2D eigenvalue weighted by molar-refractivity contribution is 7.12. The molecule has 1 saturated carbocycles. The van der Waals surface area contributed by atoms with Crippen molar-refractivity contribution in [2.75, 3.05) is 32.8 Å². The van der Waals surface area contributed by atoms with Gasteiger partial charge in [0, 0.05) is 18.5 Å². The number of carbonyl (C=O) groups excluding carboxylic acids is 1. The summed E-state index contributed by atoms with van der Waals surface area (Å²) in [7, 11) is 0. The third-order valence-corrected chi connectivity index (χ3v) is 7.17. The lowest BCUT2D eigenvalue weighted by Gasteiger charge is -2.47. The van der Waals surface area contributed by atoms with Gasteiger partial charge in [0.05, 0.1) is 12.8 Å². The first-order valence-corrected chi connectivity index (χ1v) is 13.0. The van der Waals surface area contributed by atoms with E-state index in [2.05, 4.69) is 20.5 Å². The summed E-state index contributed by atoms with van der Waals surface area (Å²) < 4.78 is 18.4. The van der Waals surface area contributed by atoms with Crippen LogP contribution in [0.4, 0.5) is 9.18 Å². The second-order valence-corrected chi connectivity index (χ2v) is 9.45. The topological polar surface area (TPSA) is 80.2 Å². The van der Waals surface area contributed by atoms with Gasteiger partial charge in [-0.05, 0) is 63.2 Å². The van der Waals surface area contributed by atoms with Crippen LogP contribution in [-0.2, 0) is 4.74 Å². The maximum absolute atomic E-state index is 13.4. The fourth-order valence-electron chi connectivity index (χ4n) is 4.90. The number of hydrogen-bond donors (Lipinski definition) is 1. The molecule has 9 heteroatoms. The van der Waals surface area contributed by atoms with Crippen molar-refractivity contribution in [2.24, 2.45) is 5.41 Å². The number of ether oxygens (including phenoxy) is 1. The molecule has 1 aliphatic carbocycles. The summed E-state index contributed by atoms with van der Waals surface area (Å²) in [6.45, 7) is 10.1. The number of pyridine rings is 1. The minimum atomic E-state index is -0.281. The number of amides is 1. The number of aromatic nitrogens is 3. The fourth-order valence-corrected chi connectivity index (χ4v) is 5.47. The van der Waals surface area contributed by atoms with Crippen LogP contribution in [0.3, 0.4) is 0 Å². The zero-order valence-corrected chi connectivity index (χ0v) is 20.8. The van der Waals surface area contributed by atoms with Crippen LogP contribution in [0.5, 0.6) is 0 Å². The van der Waals surface area contributed by atoms with Gasteiger partial charge in [0.15, 0.2) is 5.01 Å². The van der Waals surface area contributed by atoms with Crippen molar-refractivity contribution in [3.8, 4) is 10.7 Å². The summed E-state index contributed by atoms with van der Waals surface area (Å²) in [5.41, 5.74) is 3.92. The molecule has 33 heavy (non-hydrogen) atoms. The smallest absolute Gasteiger partial charge is 0.409 e. The second kappa shape index (κ2) is 12.4. The van der Waals surface area contributed by atoms with Gasteiger partial charge < -0.3 is 15.0 Å². The van der Waals surface area contributed by atoms with Gasteiger partial charge in [-0.3, -0.25) is 4.98 Å². The van der Waals surface area contributed by atoms with Crippen LogP contribution in [-0.4, -0.2) is 59.0 Å².